The molecular formula is C25H47N3O. The fraction of sp³-hybridized carbons (Fsp3) is 0.960. The Morgan fingerprint density at radius 1 is 0.897 bits per heavy atom. The molecule has 0 spiro atoms. The van der Waals surface area contributed by atoms with Gasteiger partial charge in [-0.25, -0.2) is 5.48 Å². The Bertz CT molecular complexity index is 591. The number of hydrogen-bond donors (Lipinski definition) is 4. The van der Waals surface area contributed by atoms with Crippen molar-refractivity contribution in [2.45, 2.75) is 85.5 Å². The molecule has 4 saturated carbocycles. The van der Waals surface area contributed by atoms with E-state index in [4.69, 9.17) is 10.6 Å². The maximum absolute atomic E-state index is 8.63. The molecule has 29 heavy (non-hydrogen) atoms. The Labute approximate surface area is 179 Å². The maximum atomic E-state index is 8.63. The summed E-state index contributed by atoms with van der Waals surface area (Å²) in [5, 5.41) is 19.2. The fourth-order valence-corrected chi connectivity index (χ4v) is 8.52. The van der Waals surface area contributed by atoms with Crippen molar-refractivity contribution in [1.29, 1.82) is 5.41 Å². The monoisotopic (exact) mass is 405 g/mol. The van der Waals surface area contributed by atoms with E-state index in [0.29, 0.717) is 22.2 Å². The first-order valence-electron chi connectivity index (χ1n) is 12.2. The van der Waals surface area contributed by atoms with Crippen LogP contribution in [0, 0.1) is 51.2 Å². The highest BCUT2D eigenvalue weighted by Gasteiger charge is 2.60. The standard InChI is InChI=1S/C24H42N2.CH5NO/c1-22(2)12-13-23(3)16(14-22)6-7-17-18-8-9-20(21(25)15-26-5)24(18,4)11-10-19(17)23;1-2-3/h16-20,25-26H,6-15H2,1-5H3;2-3H,1H3. The molecule has 4 heteroatoms. The summed E-state index contributed by atoms with van der Waals surface area (Å²) < 4.78 is 0. The molecule has 0 bridgehead atoms. The SMILES string of the molecule is CNCC(=N)C1CCC2C3CCC4CC(C)(C)CCC4(C)C3CCC12C.CNO. The zero-order valence-electron chi connectivity index (χ0n) is 19.9. The highest BCUT2D eigenvalue weighted by molar-refractivity contribution is 5.86. The first kappa shape index (κ1) is 23.2. The average molecular weight is 406 g/mol. The molecule has 0 amide bonds. The van der Waals surface area contributed by atoms with E-state index in [1.807, 2.05) is 7.05 Å². The second kappa shape index (κ2) is 8.59. The van der Waals surface area contributed by atoms with E-state index < -0.39 is 0 Å². The van der Waals surface area contributed by atoms with Crippen molar-refractivity contribution in [3.05, 3.63) is 0 Å². The first-order chi connectivity index (χ1) is 13.6. The summed E-state index contributed by atoms with van der Waals surface area (Å²) in [5.41, 5.74) is 4.32. The Morgan fingerprint density at radius 2 is 1.55 bits per heavy atom. The molecule has 4 nitrogen and oxygen atoms in total. The molecule has 0 heterocycles. The van der Waals surface area contributed by atoms with Gasteiger partial charge in [0.1, 0.15) is 0 Å². The zero-order chi connectivity index (χ0) is 21.4. The van der Waals surface area contributed by atoms with Crippen LogP contribution in [0.2, 0.25) is 0 Å². The van der Waals surface area contributed by atoms with E-state index in [9.17, 15) is 0 Å². The number of rotatable bonds is 3. The average Bonchev–Trinajstić information content (AvgIpc) is 3.00. The largest absolute Gasteiger partial charge is 0.317 e. The minimum atomic E-state index is 0.409. The molecule has 4 N–H and O–H groups in total. The lowest BCUT2D eigenvalue weighted by atomic mass is 9.43. The van der Waals surface area contributed by atoms with Crippen molar-refractivity contribution >= 4 is 5.71 Å². The Kier molecular flexibility index (Phi) is 6.88. The van der Waals surface area contributed by atoms with E-state index in [1.165, 1.54) is 64.8 Å². The van der Waals surface area contributed by atoms with Crippen LogP contribution < -0.4 is 10.8 Å². The Balaban J connectivity index is 0.000000755. The third kappa shape index (κ3) is 4.06. The van der Waals surface area contributed by atoms with Gasteiger partial charge >= 0.3 is 0 Å². The van der Waals surface area contributed by atoms with Crippen LogP contribution in [-0.2, 0) is 0 Å². The summed E-state index contributed by atoms with van der Waals surface area (Å²) in [4.78, 5) is 0. The summed E-state index contributed by atoms with van der Waals surface area (Å²) in [6.45, 7) is 11.0. The molecule has 4 fully saturated rings. The van der Waals surface area contributed by atoms with Crippen LogP contribution in [0.5, 0.6) is 0 Å². The predicted octanol–water partition coefficient (Wildman–Crippen LogP) is 5.51. The lowest BCUT2D eigenvalue weighted by molar-refractivity contribution is -0.123. The van der Waals surface area contributed by atoms with Crippen LogP contribution in [0.25, 0.3) is 0 Å². The lowest BCUT2D eigenvalue weighted by Gasteiger charge is -2.62. The van der Waals surface area contributed by atoms with Crippen LogP contribution in [0.1, 0.15) is 85.5 Å². The van der Waals surface area contributed by atoms with Crippen LogP contribution in [0.3, 0.4) is 0 Å². The highest BCUT2D eigenvalue weighted by atomic mass is 16.5. The topological polar surface area (TPSA) is 68.1 Å². The molecule has 0 saturated heterocycles. The number of hydroxylamine groups is 1. The molecule has 168 valence electrons. The second-order valence-corrected chi connectivity index (χ2v) is 12.0. The van der Waals surface area contributed by atoms with Gasteiger partial charge in [0.25, 0.3) is 0 Å². The molecule has 0 radical (unpaired) electrons. The van der Waals surface area contributed by atoms with Crippen LogP contribution >= 0.6 is 0 Å². The predicted molar refractivity (Wildman–Crippen MR) is 121 cm³/mol. The van der Waals surface area contributed by atoms with Gasteiger partial charge in [-0.2, -0.15) is 0 Å². The van der Waals surface area contributed by atoms with Gasteiger partial charge < -0.3 is 15.9 Å². The van der Waals surface area contributed by atoms with Crippen LogP contribution in [0.15, 0.2) is 0 Å². The molecule has 0 aromatic rings. The fourth-order valence-electron chi connectivity index (χ4n) is 8.52. The summed E-state index contributed by atoms with van der Waals surface area (Å²) >= 11 is 0. The van der Waals surface area contributed by atoms with Gasteiger partial charge in [0.2, 0.25) is 0 Å². The highest BCUT2D eigenvalue weighted by Crippen LogP contribution is 2.68. The van der Waals surface area contributed by atoms with E-state index in [-0.39, 0.29) is 0 Å². The zero-order valence-corrected chi connectivity index (χ0v) is 19.9. The van der Waals surface area contributed by atoms with Crippen molar-refractivity contribution in [3.8, 4) is 0 Å². The first-order valence-corrected chi connectivity index (χ1v) is 12.2. The smallest absolute Gasteiger partial charge is 0.0333 e. The molecule has 7 unspecified atom stereocenters. The Morgan fingerprint density at radius 3 is 2.21 bits per heavy atom. The molecular weight excluding hydrogens is 358 g/mol. The van der Waals surface area contributed by atoms with Gasteiger partial charge in [0.05, 0.1) is 0 Å². The maximum Gasteiger partial charge on any atom is 0.0333 e. The van der Waals surface area contributed by atoms with Crippen molar-refractivity contribution in [2.75, 3.05) is 20.6 Å². The van der Waals surface area contributed by atoms with Gasteiger partial charge in [-0.1, -0.05) is 27.7 Å². The minimum absolute atomic E-state index is 0.409. The molecule has 7 atom stereocenters. The molecule has 0 aromatic heterocycles. The summed E-state index contributed by atoms with van der Waals surface area (Å²) in [5.74, 6) is 4.31. The van der Waals surface area contributed by atoms with Crippen molar-refractivity contribution in [1.82, 2.24) is 10.8 Å². The van der Waals surface area contributed by atoms with Gasteiger partial charge in [-0.3, -0.25) is 0 Å². The number of nitrogens with one attached hydrogen (secondary N) is 3. The third-order valence-electron chi connectivity index (χ3n) is 9.99. The summed E-state index contributed by atoms with van der Waals surface area (Å²) in [6, 6.07) is 0. The molecule has 4 rings (SSSR count). The molecule has 0 aromatic carbocycles. The van der Waals surface area contributed by atoms with Crippen LogP contribution in [0.4, 0.5) is 0 Å². The molecule has 0 aliphatic heterocycles. The van der Waals surface area contributed by atoms with E-state index in [1.54, 1.807) is 5.48 Å². The molecule has 4 aliphatic rings. The van der Waals surface area contributed by atoms with Gasteiger partial charge in [-0.05, 0) is 105 Å². The van der Waals surface area contributed by atoms with E-state index in [0.717, 1.165) is 35.9 Å². The normalized spacial score (nSPS) is 45.3. The van der Waals surface area contributed by atoms with E-state index >= 15 is 0 Å². The summed E-state index contributed by atoms with van der Waals surface area (Å²) in [7, 11) is 3.42. The summed E-state index contributed by atoms with van der Waals surface area (Å²) in [6.07, 6.45) is 12.8. The van der Waals surface area contributed by atoms with Crippen molar-refractivity contribution < 1.29 is 5.21 Å². The number of hydrogen-bond acceptors (Lipinski definition) is 4. The van der Waals surface area contributed by atoms with Gasteiger partial charge in [0, 0.05) is 25.2 Å². The second-order valence-electron chi connectivity index (χ2n) is 12.0. The van der Waals surface area contributed by atoms with Crippen LogP contribution in [-0.4, -0.2) is 31.6 Å². The molecule has 4 aliphatic carbocycles. The quantitative estimate of drug-likeness (QED) is 0.370. The number of fused-ring (bicyclic) bond motifs is 5. The van der Waals surface area contributed by atoms with Gasteiger partial charge in [-0.15, -0.1) is 0 Å². The van der Waals surface area contributed by atoms with Crippen molar-refractivity contribution in [2.24, 2.45) is 45.8 Å². The third-order valence-corrected chi connectivity index (χ3v) is 9.99. The Hall–Kier alpha value is -0.450. The van der Waals surface area contributed by atoms with Crippen molar-refractivity contribution in [3.63, 3.8) is 0 Å². The minimum Gasteiger partial charge on any atom is -0.317 e. The van der Waals surface area contributed by atoms with Gasteiger partial charge in [0.15, 0.2) is 0 Å². The lowest BCUT2D eigenvalue weighted by Crippen LogP contribution is -2.54. The van der Waals surface area contributed by atoms with E-state index in [2.05, 4.69) is 33.0 Å².